The molecule has 0 bridgehead atoms. The summed E-state index contributed by atoms with van der Waals surface area (Å²) in [6, 6.07) is 12.0. The van der Waals surface area contributed by atoms with Crippen molar-refractivity contribution in [1.82, 2.24) is 4.98 Å². The average molecular weight is 341 g/mol. The molecule has 3 aromatic rings. The minimum atomic E-state index is -0.255. The molecule has 130 valence electrons. The lowest BCUT2D eigenvalue weighted by Crippen LogP contribution is -2.09. The first kappa shape index (κ1) is 17.0. The van der Waals surface area contributed by atoms with Crippen LogP contribution >= 0.6 is 0 Å². The van der Waals surface area contributed by atoms with Gasteiger partial charge in [-0.15, -0.1) is 0 Å². The largest absolute Gasteiger partial charge is 0.497 e. The van der Waals surface area contributed by atoms with Crippen molar-refractivity contribution < 1.29 is 18.7 Å². The van der Waals surface area contributed by atoms with E-state index in [1.165, 1.54) is 12.1 Å². The summed E-state index contributed by atoms with van der Waals surface area (Å²) in [6.45, 7) is 0.344. The van der Waals surface area contributed by atoms with E-state index in [0.29, 0.717) is 13.0 Å². The molecule has 1 aromatic heterocycles. The Hall–Kier alpha value is -2.82. The van der Waals surface area contributed by atoms with Gasteiger partial charge in [-0.1, -0.05) is 12.1 Å². The molecule has 25 heavy (non-hydrogen) atoms. The van der Waals surface area contributed by atoms with Crippen molar-refractivity contribution in [2.75, 3.05) is 13.7 Å². The predicted octanol–water partition coefficient (Wildman–Crippen LogP) is 4.03. The van der Waals surface area contributed by atoms with E-state index in [2.05, 4.69) is 4.98 Å². The standard InChI is InChI=1S/C20H20FNO3/c1-24-17-7-4-14(5-8-17)11-20(23)25-10-2-3-15-13-22-19-9-6-16(21)12-18(15)19/h4-9,12-13,22H,2-3,10-11H2,1H3. The predicted molar refractivity (Wildman–Crippen MR) is 94.2 cm³/mol. The Morgan fingerprint density at radius 1 is 1.16 bits per heavy atom. The van der Waals surface area contributed by atoms with Crippen LogP contribution in [0.15, 0.2) is 48.7 Å². The maximum atomic E-state index is 13.4. The van der Waals surface area contributed by atoms with E-state index in [1.54, 1.807) is 13.2 Å². The lowest BCUT2D eigenvalue weighted by molar-refractivity contribution is -0.142. The molecule has 0 spiro atoms. The molecule has 1 heterocycles. The summed E-state index contributed by atoms with van der Waals surface area (Å²) < 4.78 is 23.7. The van der Waals surface area contributed by atoms with Crippen molar-refractivity contribution in [2.24, 2.45) is 0 Å². The first-order valence-corrected chi connectivity index (χ1v) is 8.20. The Morgan fingerprint density at radius 3 is 2.72 bits per heavy atom. The van der Waals surface area contributed by atoms with Crippen molar-refractivity contribution in [3.63, 3.8) is 0 Å². The Balaban J connectivity index is 1.45. The second-order valence-corrected chi connectivity index (χ2v) is 5.85. The number of aromatic amines is 1. The molecule has 0 amide bonds. The van der Waals surface area contributed by atoms with Gasteiger partial charge in [0.05, 0.1) is 20.1 Å². The fourth-order valence-corrected chi connectivity index (χ4v) is 2.77. The van der Waals surface area contributed by atoms with E-state index in [4.69, 9.17) is 9.47 Å². The van der Waals surface area contributed by atoms with Crippen LogP contribution in [0, 0.1) is 5.82 Å². The molecule has 0 saturated heterocycles. The van der Waals surface area contributed by atoms with Crippen molar-refractivity contribution in [3.05, 3.63) is 65.6 Å². The van der Waals surface area contributed by atoms with E-state index in [-0.39, 0.29) is 18.2 Å². The number of ether oxygens (including phenoxy) is 2. The normalized spacial score (nSPS) is 10.8. The van der Waals surface area contributed by atoms with Crippen LogP contribution in [0.3, 0.4) is 0 Å². The van der Waals surface area contributed by atoms with Gasteiger partial charge < -0.3 is 14.5 Å². The lowest BCUT2D eigenvalue weighted by atomic mass is 10.1. The van der Waals surface area contributed by atoms with Gasteiger partial charge in [0, 0.05) is 17.1 Å². The third kappa shape index (κ3) is 4.38. The number of esters is 1. The number of fused-ring (bicyclic) bond motifs is 1. The van der Waals surface area contributed by atoms with Crippen molar-refractivity contribution in [1.29, 1.82) is 0 Å². The minimum absolute atomic E-state index is 0.238. The molecular formula is C20H20FNO3. The highest BCUT2D eigenvalue weighted by atomic mass is 19.1. The zero-order chi connectivity index (χ0) is 17.6. The summed E-state index contributed by atoms with van der Waals surface area (Å²) in [4.78, 5) is 15.0. The van der Waals surface area contributed by atoms with E-state index in [1.807, 2.05) is 30.5 Å². The monoisotopic (exact) mass is 341 g/mol. The van der Waals surface area contributed by atoms with Crippen LogP contribution in [-0.4, -0.2) is 24.7 Å². The quantitative estimate of drug-likeness (QED) is 0.521. The first-order chi connectivity index (χ1) is 12.2. The third-order valence-corrected chi connectivity index (χ3v) is 4.09. The SMILES string of the molecule is COc1ccc(CC(=O)OCCCc2c[nH]c3ccc(F)cc23)cc1. The van der Waals surface area contributed by atoms with Gasteiger partial charge in [0.25, 0.3) is 0 Å². The number of benzene rings is 2. The van der Waals surface area contributed by atoms with Crippen LogP contribution in [0.2, 0.25) is 0 Å². The van der Waals surface area contributed by atoms with Gasteiger partial charge in [-0.05, 0) is 54.3 Å². The van der Waals surface area contributed by atoms with Crippen LogP contribution in [0.1, 0.15) is 17.5 Å². The molecule has 0 fully saturated rings. The maximum absolute atomic E-state index is 13.4. The van der Waals surface area contributed by atoms with Crippen LogP contribution < -0.4 is 4.74 Å². The van der Waals surface area contributed by atoms with Gasteiger partial charge in [-0.2, -0.15) is 0 Å². The van der Waals surface area contributed by atoms with Crippen LogP contribution in [-0.2, 0) is 22.4 Å². The van der Waals surface area contributed by atoms with Crippen molar-refractivity contribution in [3.8, 4) is 5.75 Å². The second-order valence-electron chi connectivity index (χ2n) is 5.85. The summed E-state index contributed by atoms with van der Waals surface area (Å²) in [5.41, 5.74) is 2.83. The van der Waals surface area contributed by atoms with Gasteiger partial charge in [0.1, 0.15) is 11.6 Å². The molecule has 1 N–H and O–H groups in total. The zero-order valence-electron chi connectivity index (χ0n) is 14.0. The second kappa shape index (κ2) is 7.83. The third-order valence-electron chi connectivity index (χ3n) is 4.09. The summed E-state index contributed by atoms with van der Waals surface area (Å²) >= 11 is 0. The summed E-state index contributed by atoms with van der Waals surface area (Å²) in [7, 11) is 1.60. The number of carbonyl (C=O) groups excluding carboxylic acids is 1. The van der Waals surface area contributed by atoms with E-state index in [9.17, 15) is 9.18 Å². The van der Waals surface area contributed by atoms with E-state index in [0.717, 1.165) is 34.2 Å². The number of aromatic nitrogens is 1. The topological polar surface area (TPSA) is 51.3 Å². The number of nitrogens with one attached hydrogen (secondary N) is 1. The van der Waals surface area contributed by atoms with Crippen molar-refractivity contribution >= 4 is 16.9 Å². The number of hydrogen-bond donors (Lipinski definition) is 1. The van der Waals surface area contributed by atoms with E-state index < -0.39 is 0 Å². The number of halogens is 1. The smallest absolute Gasteiger partial charge is 0.310 e. The molecule has 0 saturated carbocycles. The zero-order valence-corrected chi connectivity index (χ0v) is 14.0. The Labute approximate surface area is 145 Å². The summed E-state index contributed by atoms with van der Waals surface area (Å²) in [5.74, 6) is 0.252. The van der Waals surface area contributed by atoms with Gasteiger partial charge in [-0.25, -0.2) is 4.39 Å². The molecule has 0 atom stereocenters. The average Bonchev–Trinajstić information content (AvgIpc) is 3.01. The highest BCUT2D eigenvalue weighted by molar-refractivity contribution is 5.83. The number of hydrogen-bond acceptors (Lipinski definition) is 3. The fraction of sp³-hybridized carbons (Fsp3) is 0.250. The highest BCUT2D eigenvalue weighted by Gasteiger charge is 2.07. The van der Waals surface area contributed by atoms with Crippen molar-refractivity contribution in [2.45, 2.75) is 19.3 Å². The first-order valence-electron chi connectivity index (χ1n) is 8.20. The number of rotatable bonds is 7. The molecule has 0 aliphatic rings. The number of H-pyrrole nitrogens is 1. The summed E-state index contributed by atoms with van der Waals surface area (Å²) in [6.07, 6.45) is 3.53. The molecular weight excluding hydrogens is 321 g/mol. The number of methoxy groups -OCH3 is 1. The Morgan fingerprint density at radius 2 is 1.96 bits per heavy atom. The number of carbonyl (C=O) groups is 1. The molecule has 4 nitrogen and oxygen atoms in total. The van der Waals surface area contributed by atoms with Crippen LogP contribution in [0.25, 0.3) is 10.9 Å². The molecule has 0 unspecified atom stereocenters. The van der Waals surface area contributed by atoms with Gasteiger partial charge in [0.15, 0.2) is 0 Å². The maximum Gasteiger partial charge on any atom is 0.310 e. The minimum Gasteiger partial charge on any atom is -0.497 e. The van der Waals surface area contributed by atoms with Crippen LogP contribution in [0.4, 0.5) is 4.39 Å². The molecule has 0 radical (unpaired) electrons. The molecule has 5 heteroatoms. The van der Waals surface area contributed by atoms with E-state index >= 15 is 0 Å². The fourth-order valence-electron chi connectivity index (χ4n) is 2.77. The highest BCUT2D eigenvalue weighted by Crippen LogP contribution is 2.20. The lowest BCUT2D eigenvalue weighted by Gasteiger charge is -2.06. The molecule has 3 rings (SSSR count). The molecule has 2 aromatic carbocycles. The molecule has 0 aliphatic heterocycles. The van der Waals surface area contributed by atoms with Gasteiger partial charge in [-0.3, -0.25) is 4.79 Å². The Kier molecular flexibility index (Phi) is 5.33. The molecule has 0 aliphatic carbocycles. The van der Waals surface area contributed by atoms with Gasteiger partial charge in [0.2, 0.25) is 0 Å². The Bertz CT molecular complexity index is 855. The number of aryl methyl sites for hydroxylation is 1. The van der Waals surface area contributed by atoms with Gasteiger partial charge >= 0.3 is 5.97 Å². The summed E-state index contributed by atoms with van der Waals surface area (Å²) in [5, 5.41) is 0.879. The van der Waals surface area contributed by atoms with Crippen LogP contribution in [0.5, 0.6) is 5.75 Å².